The zero-order valence-electron chi connectivity index (χ0n) is 11.9. The van der Waals surface area contributed by atoms with Gasteiger partial charge in [0.05, 0.1) is 16.6 Å². The van der Waals surface area contributed by atoms with Crippen LogP contribution in [0.25, 0.3) is 0 Å². The Hall–Kier alpha value is -0.120. The monoisotopic (exact) mass is 288 g/mol. The Morgan fingerprint density at radius 3 is 2.28 bits per heavy atom. The minimum absolute atomic E-state index is 0.526. The molecule has 0 saturated heterocycles. The van der Waals surface area contributed by atoms with E-state index in [1.54, 1.807) is 11.3 Å². The zero-order chi connectivity index (χ0) is 13.5. The van der Waals surface area contributed by atoms with Gasteiger partial charge in [0.1, 0.15) is 0 Å². The van der Waals surface area contributed by atoms with Gasteiger partial charge in [-0.1, -0.05) is 27.7 Å². The van der Waals surface area contributed by atoms with Crippen LogP contribution in [-0.2, 0) is 12.3 Å². The summed E-state index contributed by atoms with van der Waals surface area (Å²) in [4.78, 5) is 7.07. The Bertz CT molecular complexity index is 326. The Labute approximate surface area is 120 Å². The van der Waals surface area contributed by atoms with E-state index in [1.165, 1.54) is 18.1 Å². The number of rotatable bonds is 8. The van der Waals surface area contributed by atoms with Crippen molar-refractivity contribution in [3.63, 3.8) is 0 Å². The largest absolute Gasteiger partial charge is 0.302 e. The first-order valence-corrected chi connectivity index (χ1v) is 8.14. The highest BCUT2D eigenvalue weighted by Gasteiger charge is 2.10. The number of halogens is 1. The number of hydrogen-bond donors (Lipinski definition) is 0. The number of thiazole rings is 1. The minimum atomic E-state index is 0.526. The van der Waals surface area contributed by atoms with E-state index in [-0.39, 0.29) is 0 Å². The molecule has 0 unspecified atom stereocenters. The maximum atomic E-state index is 5.77. The van der Waals surface area contributed by atoms with Crippen molar-refractivity contribution >= 4 is 22.9 Å². The molecule has 0 aromatic carbocycles. The van der Waals surface area contributed by atoms with E-state index in [9.17, 15) is 0 Å². The molecule has 0 radical (unpaired) electrons. The van der Waals surface area contributed by atoms with Gasteiger partial charge in [-0.25, -0.2) is 4.98 Å². The predicted molar refractivity (Wildman–Crippen MR) is 81.5 cm³/mol. The fourth-order valence-electron chi connectivity index (χ4n) is 2.07. The molecular formula is C14H25ClN2S. The van der Waals surface area contributed by atoms with Crippen LogP contribution in [0.1, 0.15) is 38.4 Å². The molecule has 1 aromatic rings. The molecule has 1 heterocycles. The number of nitrogens with zero attached hydrogens (tertiary/aromatic N) is 2. The Morgan fingerprint density at radius 1 is 1.22 bits per heavy atom. The molecule has 104 valence electrons. The van der Waals surface area contributed by atoms with Crippen molar-refractivity contribution in [2.45, 2.75) is 40.0 Å². The summed E-state index contributed by atoms with van der Waals surface area (Å²) in [5, 5.41) is 3.28. The fraction of sp³-hybridized carbons (Fsp3) is 0.786. The standard InChI is InChI=1S/C14H25ClN2S/c1-11(2)8-17(9-12(3)4)6-5-14-16-13(7-15)10-18-14/h10-12H,5-9H2,1-4H3. The van der Waals surface area contributed by atoms with Crippen LogP contribution in [0.3, 0.4) is 0 Å². The lowest BCUT2D eigenvalue weighted by atomic mass is 10.1. The number of hydrogen-bond acceptors (Lipinski definition) is 3. The number of alkyl halides is 1. The second-order valence-electron chi connectivity index (χ2n) is 5.66. The van der Waals surface area contributed by atoms with Crippen LogP contribution in [-0.4, -0.2) is 29.5 Å². The van der Waals surface area contributed by atoms with Crippen LogP contribution >= 0.6 is 22.9 Å². The minimum Gasteiger partial charge on any atom is -0.302 e. The molecule has 0 amide bonds. The molecule has 2 nitrogen and oxygen atoms in total. The summed E-state index contributed by atoms with van der Waals surface area (Å²) < 4.78 is 0. The van der Waals surface area contributed by atoms with Crippen LogP contribution in [0, 0.1) is 11.8 Å². The fourth-order valence-corrected chi connectivity index (χ4v) is 3.08. The van der Waals surface area contributed by atoms with Crippen molar-refractivity contribution in [2.75, 3.05) is 19.6 Å². The molecule has 0 saturated carbocycles. The topological polar surface area (TPSA) is 16.1 Å². The van der Waals surface area contributed by atoms with Crippen LogP contribution in [0.2, 0.25) is 0 Å². The van der Waals surface area contributed by atoms with Gasteiger partial charge in [-0.2, -0.15) is 0 Å². The third kappa shape index (κ3) is 6.17. The van der Waals surface area contributed by atoms with Crippen molar-refractivity contribution in [2.24, 2.45) is 11.8 Å². The molecule has 0 fully saturated rings. The highest BCUT2D eigenvalue weighted by molar-refractivity contribution is 7.09. The predicted octanol–water partition coefficient (Wildman–Crippen LogP) is 4.04. The van der Waals surface area contributed by atoms with Crippen LogP contribution in [0.4, 0.5) is 0 Å². The highest BCUT2D eigenvalue weighted by atomic mass is 35.5. The van der Waals surface area contributed by atoms with E-state index in [4.69, 9.17) is 11.6 Å². The molecule has 0 spiro atoms. The highest BCUT2D eigenvalue weighted by Crippen LogP contribution is 2.13. The van der Waals surface area contributed by atoms with E-state index < -0.39 is 0 Å². The van der Waals surface area contributed by atoms with E-state index in [0.29, 0.717) is 5.88 Å². The second-order valence-corrected chi connectivity index (χ2v) is 6.87. The molecule has 1 aromatic heterocycles. The SMILES string of the molecule is CC(C)CN(CCc1nc(CCl)cs1)CC(C)C. The molecule has 4 heteroatoms. The van der Waals surface area contributed by atoms with Crippen LogP contribution in [0.5, 0.6) is 0 Å². The van der Waals surface area contributed by atoms with E-state index in [1.807, 2.05) is 0 Å². The molecule has 18 heavy (non-hydrogen) atoms. The van der Waals surface area contributed by atoms with Gasteiger partial charge in [-0.15, -0.1) is 22.9 Å². The molecule has 0 bridgehead atoms. The Kier molecular flexibility index (Phi) is 7.20. The van der Waals surface area contributed by atoms with Gasteiger partial charge in [0, 0.05) is 31.4 Å². The summed E-state index contributed by atoms with van der Waals surface area (Å²) in [7, 11) is 0. The van der Waals surface area contributed by atoms with Gasteiger partial charge in [-0.3, -0.25) is 0 Å². The lowest BCUT2D eigenvalue weighted by Crippen LogP contribution is -2.33. The molecule has 0 N–H and O–H groups in total. The normalized spacial score (nSPS) is 12.0. The quantitative estimate of drug-likeness (QED) is 0.671. The second kappa shape index (κ2) is 8.13. The summed E-state index contributed by atoms with van der Waals surface area (Å²) in [5.41, 5.74) is 1.01. The van der Waals surface area contributed by atoms with Gasteiger partial charge in [0.15, 0.2) is 0 Å². The van der Waals surface area contributed by atoms with Gasteiger partial charge in [0.2, 0.25) is 0 Å². The molecule has 0 aliphatic rings. The maximum absolute atomic E-state index is 5.77. The van der Waals surface area contributed by atoms with E-state index in [0.717, 1.165) is 30.5 Å². The first kappa shape index (κ1) is 15.9. The lowest BCUT2D eigenvalue weighted by molar-refractivity contribution is 0.222. The van der Waals surface area contributed by atoms with Gasteiger partial charge in [0.25, 0.3) is 0 Å². The van der Waals surface area contributed by atoms with Crippen molar-refractivity contribution < 1.29 is 0 Å². The van der Waals surface area contributed by atoms with Crippen molar-refractivity contribution in [3.05, 3.63) is 16.1 Å². The van der Waals surface area contributed by atoms with E-state index in [2.05, 4.69) is 43.0 Å². The maximum Gasteiger partial charge on any atom is 0.0941 e. The first-order valence-electron chi connectivity index (χ1n) is 6.72. The average Bonchev–Trinajstić information content (AvgIpc) is 2.72. The van der Waals surface area contributed by atoms with Crippen molar-refractivity contribution in [3.8, 4) is 0 Å². The van der Waals surface area contributed by atoms with Crippen molar-refractivity contribution in [1.82, 2.24) is 9.88 Å². The summed E-state index contributed by atoms with van der Waals surface area (Å²) in [6.45, 7) is 12.6. The smallest absolute Gasteiger partial charge is 0.0941 e. The summed E-state index contributed by atoms with van der Waals surface area (Å²) in [6, 6.07) is 0. The number of aromatic nitrogens is 1. The third-order valence-electron chi connectivity index (χ3n) is 2.62. The Balaban J connectivity index is 2.44. The zero-order valence-corrected chi connectivity index (χ0v) is 13.5. The molecule has 0 atom stereocenters. The van der Waals surface area contributed by atoms with Gasteiger partial charge >= 0.3 is 0 Å². The summed E-state index contributed by atoms with van der Waals surface area (Å²) in [5.74, 6) is 1.97. The summed E-state index contributed by atoms with van der Waals surface area (Å²) >= 11 is 7.51. The van der Waals surface area contributed by atoms with E-state index >= 15 is 0 Å². The lowest BCUT2D eigenvalue weighted by Gasteiger charge is -2.25. The van der Waals surface area contributed by atoms with Crippen LogP contribution in [0.15, 0.2) is 5.38 Å². The Morgan fingerprint density at radius 2 is 1.83 bits per heavy atom. The summed E-state index contributed by atoms with van der Waals surface area (Å²) in [6.07, 6.45) is 1.04. The van der Waals surface area contributed by atoms with Crippen LogP contribution < -0.4 is 0 Å². The van der Waals surface area contributed by atoms with Crippen molar-refractivity contribution in [1.29, 1.82) is 0 Å². The molecular weight excluding hydrogens is 264 g/mol. The van der Waals surface area contributed by atoms with Gasteiger partial charge < -0.3 is 4.90 Å². The molecule has 0 aliphatic carbocycles. The first-order chi connectivity index (χ1) is 8.51. The average molecular weight is 289 g/mol. The van der Waals surface area contributed by atoms with Gasteiger partial charge in [-0.05, 0) is 11.8 Å². The molecule has 1 rings (SSSR count). The third-order valence-corrected chi connectivity index (χ3v) is 3.86. The molecule has 0 aliphatic heterocycles.